The van der Waals surface area contributed by atoms with Crippen LogP contribution in [-0.4, -0.2) is 17.3 Å². The Kier molecular flexibility index (Phi) is 3.85. The fraction of sp³-hybridized carbons (Fsp3) is 0.267. The third-order valence-corrected chi connectivity index (χ3v) is 3.17. The Hall–Kier alpha value is -2.61. The van der Waals surface area contributed by atoms with Gasteiger partial charge in [-0.3, -0.25) is 0 Å². The first kappa shape index (κ1) is 13.8. The molecular weight excluding hydrogens is 252 g/mol. The minimum Gasteiger partial charge on any atom is -0.495 e. The van der Waals surface area contributed by atoms with E-state index in [9.17, 15) is 5.26 Å². The summed E-state index contributed by atoms with van der Waals surface area (Å²) in [4.78, 5) is 0. The molecule has 0 bridgehead atoms. The zero-order chi connectivity index (χ0) is 14.7. The van der Waals surface area contributed by atoms with Crippen LogP contribution < -0.4 is 10.1 Å². The van der Waals surface area contributed by atoms with Crippen LogP contribution in [0.4, 0.5) is 11.5 Å². The van der Waals surface area contributed by atoms with E-state index in [2.05, 4.69) is 21.6 Å². The van der Waals surface area contributed by atoms with Gasteiger partial charge in [0.25, 0.3) is 0 Å². The maximum absolute atomic E-state index is 9.29. The summed E-state index contributed by atoms with van der Waals surface area (Å²) in [5, 5.41) is 20.6. The highest BCUT2D eigenvalue weighted by Gasteiger charge is 2.12. The number of hydrogen-bond acceptors (Lipinski definition) is 5. The molecule has 2 rings (SSSR count). The van der Waals surface area contributed by atoms with Gasteiger partial charge in [-0.25, -0.2) is 0 Å². The van der Waals surface area contributed by atoms with Gasteiger partial charge < -0.3 is 10.1 Å². The summed E-state index contributed by atoms with van der Waals surface area (Å²) in [6, 6.07) is 7.95. The molecule has 1 N–H and O–H groups in total. The minimum absolute atomic E-state index is 0.444. The predicted molar refractivity (Wildman–Crippen MR) is 77.2 cm³/mol. The first-order valence-electron chi connectivity index (χ1n) is 6.22. The number of nitrogens with one attached hydrogen (secondary N) is 1. The van der Waals surface area contributed by atoms with Gasteiger partial charge in [0.1, 0.15) is 17.4 Å². The van der Waals surface area contributed by atoms with Crippen molar-refractivity contribution in [2.45, 2.75) is 20.8 Å². The van der Waals surface area contributed by atoms with Gasteiger partial charge >= 0.3 is 0 Å². The molecule has 5 nitrogen and oxygen atoms in total. The quantitative estimate of drug-likeness (QED) is 0.926. The molecule has 5 heteroatoms. The van der Waals surface area contributed by atoms with Gasteiger partial charge in [-0.2, -0.15) is 10.4 Å². The van der Waals surface area contributed by atoms with Gasteiger partial charge in [0.05, 0.1) is 18.5 Å². The lowest BCUT2D eigenvalue weighted by atomic mass is 10.1. The molecule has 0 amide bonds. The second-order valence-electron chi connectivity index (χ2n) is 4.57. The highest BCUT2D eigenvalue weighted by atomic mass is 16.5. The zero-order valence-corrected chi connectivity index (χ0v) is 12.0. The van der Waals surface area contributed by atoms with E-state index in [-0.39, 0.29) is 0 Å². The second-order valence-corrected chi connectivity index (χ2v) is 4.57. The van der Waals surface area contributed by atoms with Crippen molar-refractivity contribution in [1.82, 2.24) is 10.2 Å². The average Bonchev–Trinajstić information content (AvgIpc) is 2.43. The lowest BCUT2D eigenvalue weighted by Gasteiger charge is -2.13. The third kappa shape index (κ3) is 2.54. The van der Waals surface area contributed by atoms with Crippen LogP contribution in [0.15, 0.2) is 18.2 Å². The number of nitrogens with zero attached hydrogens (tertiary/aromatic N) is 3. The van der Waals surface area contributed by atoms with E-state index in [4.69, 9.17) is 4.74 Å². The fourth-order valence-corrected chi connectivity index (χ4v) is 1.88. The maximum Gasteiger partial charge on any atom is 0.171 e. The standard InChI is InChI=1S/C15H16N4O/c1-9-5-6-14(20-4)13(7-9)17-15-12(8-16)10(2)11(3)18-19-15/h5-7H,1-4H3,(H,17,19). The molecule has 0 aliphatic carbocycles. The van der Waals surface area contributed by atoms with Crippen LogP contribution >= 0.6 is 0 Å². The Morgan fingerprint density at radius 3 is 2.60 bits per heavy atom. The normalized spacial score (nSPS) is 9.95. The first-order chi connectivity index (χ1) is 9.56. The number of ether oxygens (including phenoxy) is 1. The van der Waals surface area contributed by atoms with Gasteiger partial charge in [-0.1, -0.05) is 6.07 Å². The highest BCUT2D eigenvalue weighted by molar-refractivity contribution is 5.69. The van der Waals surface area contributed by atoms with E-state index >= 15 is 0 Å². The number of nitriles is 1. The van der Waals surface area contributed by atoms with E-state index in [1.807, 2.05) is 39.0 Å². The van der Waals surface area contributed by atoms with Crippen LogP contribution in [0, 0.1) is 32.1 Å². The number of hydrogen-bond donors (Lipinski definition) is 1. The summed E-state index contributed by atoms with van der Waals surface area (Å²) in [6.45, 7) is 5.68. The smallest absolute Gasteiger partial charge is 0.171 e. The van der Waals surface area contributed by atoms with Crippen molar-refractivity contribution >= 4 is 11.5 Å². The third-order valence-electron chi connectivity index (χ3n) is 3.17. The van der Waals surface area contributed by atoms with Crippen molar-refractivity contribution in [2.24, 2.45) is 0 Å². The van der Waals surface area contributed by atoms with Crippen LogP contribution in [0.2, 0.25) is 0 Å². The number of rotatable bonds is 3. The van der Waals surface area contributed by atoms with Crippen LogP contribution in [0.3, 0.4) is 0 Å². The molecule has 2 aromatic rings. The molecule has 1 aromatic heterocycles. The average molecular weight is 268 g/mol. The minimum atomic E-state index is 0.444. The highest BCUT2D eigenvalue weighted by Crippen LogP contribution is 2.29. The van der Waals surface area contributed by atoms with Crippen molar-refractivity contribution < 1.29 is 4.74 Å². The Bertz CT molecular complexity index is 689. The molecule has 0 fully saturated rings. The Balaban J connectivity index is 2.48. The number of aryl methyl sites for hydroxylation is 2. The van der Waals surface area contributed by atoms with E-state index < -0.39 is 0 Å². The van der Waals surface area contributed by atoms with Crippen LogP contribution in [-0.2, 0) is 0 Å². The van der Waals surface area contributed by atoms with Crippen molar-refractivity contribution in [3.63, 3.8) is 0 Å². The van der Waals surface area contributed by atoms with Gasteiger partial charge in [-0.15, -0.1) is 5.10 Å². The van der Waals surface area contributed by atoms with E-state index in [1.165, 1.54) is 0 Å². The summed E-state index contributed by atoms with van der Waals surface area (Å²) >= 11 is 0. The molecule has 1 heterocycles. The Morgan fingerprint density at radius 1 is 1.20 bits per heavy atom. The lowest BCUT2D eigenvalue weighted by molar-refractivity contribution is 0.416. The predicted octanol–water partition coefficient (Wildman–Crippen LogP) is 3.03. The molecule has 0 aliphatic rings. The summed E-state index contributed by atoms with van der Waals surface area (Å²) in [5.41, 5.74) is 3.94. The van der Waals surface area contributed by atoms with Gasteiger partial charge in [0.15, 0.2) is 5.82 Å². The second kappa shape index (κ2) is 5.57. The van der Waals surface area contributed by atoms with E-state index in [0.29, 0.717) is 17.1 Å². The van der Waals surface area contributed by atoms with Gasteiger partial charge in [0, 0.05) is 0 Å². The van der Waals surface area contributed by atoms with E-state index in [1.54, 1.807) is 7.11 Å². The number of methoxy groups -OCH3 is 1. The largest absolute Gasteiger partial charge is 0.495 e. The van der Waals surface area contributed by atoms with Crippen molar-refractivity contribution in [3.05, 3.63) is 40.6 Å². The summed E-state index contributed by atoms with van der Waals surface area (Å²) in [5.74, 6) is 1.14. The molecule has 102 valence electrons. The number of benzene rings is 1. The lowest BCUT2D eigenvalue weighted by Crippen LogP contribution is -2.04. The van der Waals surface area contributed by atoms with Crippen molar-refractivity contribution in [2.75, 3.05) is 12.4 Å². The molecule has 0 spiro atoms. The Morgan fingerprint density at radius 2 is 1.95 bits per heavy atom. The SMILES string of the molecule is COc1ccc(C)cc1Nc1nnc(C)c(C)c1C#N. The molecule has 0 saturated carbocycles. The molecule has 1 aromatic carbocycles. The molecular formula is C15H16N4O. The first-order valence-corrected chi connectivity index (χ1v) is 6.22. The molecule has 20 heavy (non-hydrogen) atoms. The van der Waals surface area contributed by atoms with Crippen LogP contribution in [0.5, 0.6) is 5.75 Å². The molecule has 0 atom stereocenters. The van der Waals surface area contributed by atoms with Crippen molar-refractivity contribution in [1.29, 1.82) is 5.26 Å². The van der Waals surface area contributed by atoms with Gasteiger partial charge in [0.2, 0.25) is 0 Å². The fourth-order valence-electron chi connectivity index (χ4n) is 1.88. The van der Waals surface area contributed by atoms with Crippen LogP contribution in [0.25, 0.3) is 0 Å². The maximum atomic E-state index is 9.29. The van der Waals surface area contributed by atoms with E-state index in [0.717, 1.165) is 22.5 Å². The molecule has 0 saturated heterocycles. The molecule has 0 aliphatic heterocycles. The summed E-state index contributed by atoms with van der Waals surface area (Å²) < 4.78 is 5.31. The summed E-state index contributed by atoms with van der Waals surface area (Å²) in [7, 11) is 1.60. The topological polar surface area (TPSA) is 70.8 Å². The summed E-state index contributed by atoms with van der Waals surface area (Å²) in [6.07, 6.45) is 0. The zero-order valence-electron chi connectivity index (χ0n) is 12.0. The molecule has 0 unspecified atom stereocenters. The van der Waals surface area contributed by atoms with Crippen molar-refractivity contribution in [3.8, 4) is 11.8 Å². The monoisotopic (exact) mass is 268 g/mol. The number of aromatic nitrogens is 2. The van der Waals surface area contributed by atoms with Crippen LogP contribution in [0.1, 0.15) is 22.4 Å². The number of anilines is 2. The Labute approximate surface area is 118 Å². The molecule has 0 radical (unpaired) electrons. The van der Waals surface area contributed by atoms with Gasteiger partial charge in [-0.05, 0) is 44.0 Å².